The Morgan fingerprint density at radius 1 is 0.960 bits per heavy atom. The maximum absolute atomic E-state index is 5.60. The van der Waals surface area contributed by atoms with E-state index < -0.39 is 0 Å². The first-order valence-corrected chi connectivity index (χ1v) is 9.26. The van der Waals surface area contributed by atoms with Crippen molar-refractivity contribution in [2.75, 3.05) is 18.5 Å². The molecule has 0 spiro atoms. The van der Waals surface area contributed by atoms with Crippen LogP contribution in [0.15, 0.2) is 52.9 Å². The second-order valence-corrected chi connectivity index (χ2v) is 6.47. The number of oxazole rings is 1. The van der Waals surface area contributed by atoms with Gasteiger partial charge in [0.15, 0.2) is 5.58 Å². The molecular weight excluding hydrogens is 308 g/mol. The number of benzene rings is 2. The zero-order valence-electron chi connectivity index (χ0n) is 16.0. The maximum Gasteiger partial charge on any atom is 0.298 e. The molecule has 25 heavy (non-hydrogen) atoms. The lowest BCUT2D eigenvalue weighted by Crippen LogP contribution is -2.17. The Balaban J connectivity index is 0.000000186. The third-order valence-electron chi connectivity index (χ3n) is 4.11. The van der Waals surface area contributed by atoms with E-state index in [2.05, 4.69) is 50.0 Å². The summed E-state index contributed by atoms with van der Waals surface area (Å²) in [7, 11) is 1.99. The lowest BCUT2D eigenvalue weighted by atomic mass is 10.1. The number of fused-ring (bicyclic) bond motifs is 1. The van der Waals surface area contributed by atoms with Gasteiger partial charge in [-0.15, -0.1) is 0 Å². The first-order chi connectivity index (χ1) is 12.1. The Hall–Kier alpha value is -2.29. The highest BCUT2D eigenvalue weighted by atomic mass is 16.4. The van der Waals surface area contributed by atoms with Crippen molar-refractivity contribution in [3.8, 4) is 0 Å². The molecule has 0 aliphatic carbocycles. The van der Waals surface area contributed by atoms with Crippen LogP contribution in [0.3, 0.4) is 0 Å². The highest BCUT2D eigenvalue weighted by Gasteiger charge is 2.08. The predicted molar refractivity (Wildman–Crippen MR) is 107 cm³/mol. The summed E-state index contributed by atoms with van der Waals surface area (Å²) in [5.41, 5.74) is 4.60. The molecule has 3 rings (SSSR count). The summed E-state index contributed by atoms with van der Waals surface area (Å²) in [5.74, 6) is 0. The molecule has 1 aromatic heterocycles. The van der Waals surface area contributed by atoms with Gasteiger partial charge in [-0.1, -0.05) is 62.2 Å². The lowest BCUT2D eigenvalue weighted by Gasteiger charge is -2.11. The van der Waals surface area contributed by atoms with Crippen LogP contribution in [0.5, 0.6) is 0 Å². The van der Waals surface area contributed by atoms with E-state index in [9.17, 15) is 0 Å². The van der Waals surface area contributed by atoms with E-state index in [1.165, 1.54) is 30.4 Å². The van der Waals surface area contributed by atoms with Crippen LogP contribution in [0.2, 0.25) is 0 Å². The van der Waals surface area contributed by atoms with Crippen LogP contribution in [-0.4, -0.2) is 18.6 Å². The Bertz CT molecular complexity index is 713. The fourth-order valence-corrected chi connectivity index (χ4v) is 2.59. The highest BCUT2D eigenvalue weighted by Crippen LogP contribution is 2.20. The number of aromatic nitrogens is 1. The van der Waals surface area contributed by atoms with Crippen LogP contribution in [0.25, 0.3) is 11.1 Å². The molecule has 0 aliphatic heterocycles. The number of hydrogen-bond acceptors (Lipinski definition) is 3. The number of anilines is 1. The number of aryl methyl sites for hydroxylation is 2. The first kappa shape index (κ1) is 19.0. The minimum Gasteiger partial charge on any atom is -0.423 e. The molecule has 1 heterocycles. The van der Waals surface area contributed by atoms with Gasteiger partial charge in [-0.3, -0.25) is 0 Å². The molecule has 0 N–H and O–H groups in total. The smallest absolute Gasteiger partial charge is 0.298 e. The van der Waals surface area contributed by atoms with Gasteiger partial charge in [0, 0.05) is 13.6 Å². The highest BCUT2D eigenvalue weighted by molar-refractivity contribution is 5.74. The molecule has 0 saturated carbocycles. The molecule has 2 aromatic carbocycles. The molecule has 3 nitrogen and oxygen atoms in total. The summed E-state index contributed by atoms with van der Waals surface area (Å²) >= 11 is 0. The first-order valence-electron chi connectivity index (χ1n) is 9.26. The molecule has 3 aromatic rings. The minimum atomic E-state index is 0.702. The lowest BCUT2D eigenvalue weighted by molar-refractivity contribution is 0.581. The van der Waals surface area contributed by atoms with Gasteiger partial charge in [0.2, 0.25) is 0 Å². The van der Waals surface area contributed by atoms with Crippen LogP contribution in [-0.2, 0) is 6.42 Å². The maximum atomic E-state index is 5.60. The van der Waals surface area contributed by atoms with Gasteiger partial charge in [-0.2, -0.15) is 4.98 Å². The zero-order chi connectivity index (χ0) is 18.1. The number of rotatable bonds is 6. The molecule has 0 amide bonds. The summed E-state index contributed by atoms with van der Waals surface area (Å²) < 4.78 is 5.60. The quantitative estimate of drug-likeness (QED) is 0.551. The van der Waals surface area contributed by atoms with E-state index in [0.717, 1.165) is 24.1 Å². The van der Waals surface area contributed by atoms with Crippen molar-refractivity contribution in [2.24, 2.45) is 0 Å². The summed E-state index contributed by atoms with van der Waals surface area (Å²) in [5, 5.41) is 0. The molecule has 0 radical (unpaired) electrons. The van der Waals surface area contributed by atoms with Crippen LogP contribution < -0.4 is 4.90 Å². The molecule has 0 atom stereocenters. The van der Waals surface area contributed by atoms with Gasteiger partial charge >= 0.3 is 0 Å². The molecule has 0 aliphatic rings. The van der Waals surface area contributed by atoms with Crippen molar-refractivity contribution in [3.05, 3.63) is 59.7 Å². The number of hydrogen-bond donors (Lipinski definition) is 0. The fraction of sp³-hybridized carbons (Fsp3) is 0.409. The van der Waals surface area contributed by atoms with Gasteiger partial charge in [-0.05, 0) is 43.9 Å². The van der Waals surface area contributed by atoms with Crippen molar-refractivity contribution in [2.45, 2.75) is 46.5 Å². The standard InChI is InChI=1S/C11H14N2O.C11H16/c1-3-8-13(2)11-12-9-6-4-5-7-10(9)14-11;1-3-4-5-11-8-6-10(2)7-9-11/h4-7H,3,8H2,1-2H3;6-9H,3-5H2,1-2H3. The second kappa shape index (κ2) is 9.87. The fourth-order valence-electron chi connectivity index (χ4n) is 2.59. The SMILES string of the molecule is CCCCc1ccc(C)cc1.CCCN(C)c1nc2ccccc2o1. The zero-order valence-corrected chi connectivity index (χ0v) is 16.0. The number of nitrogens with zero attached hydrogens (tertiary/aromatic N) is 2. The normalized spacial score (nSPS) is 10.4. The van der Waals surface area contributed by atoms with Crippen molar-refractivity contribution >= 4 is 17.1 Å². The average Bonchev–Trinajstić information content (AvgIpc) is 3.06. The van der Waals surface area contributed by atoms with Crippen LogP contribution in [0.1, 0.15) is 44.2 Å². The largest absolute Gasteiger partial charge is 0.423 e. The second-order valence-electron chi connectivity index (χ2n) is 6.47. The van der Waals surface area contributed by atoms with Crippen LogP contribution >= 0.6 is 0 Å². The minimum absolute atomic E-state index is 0.702. The third kappa shape index (κ3) is 5.93. The molecule has 134 valence electrons. The van der Waals surface area contributed by atoms with E-state index in [-0.39, 0.29) is 0 Å². The van der Waals surface area contributed by atoms with Gasteiger partial charge < -0.3 is 9.32 Å². The Morgan fingerprint density at radius 3 is 2.32 bits per heavy atom. The topological polar surface area (TPSA) is 29.3 Å². The van der Waals surface area contributed by atoms with Crippen molar-refractivity contribution in [1.82, 2.24) is 4.98 Å². The monoisotopic (exact) mass is 338 g/mol. The van der Waals surface area contributed by atoms with E-state index in [0.29, 0.717) is 6.01 Å². The summed E-state index contributed by atoms with van der Waals surface area (Å²) in [6, 6.07) is 17.3. The third-order valence-corrected chi connectivity index (χ3v) is 4.11. The molecule has 0 fully saturated rings. The van der Waals surface area contributed by atoms with Gasteiger partial charge in [-0.25, -0.2) is 0 Å². The molecule has 0 saturated heterocycles. The van der Waals surface area contributed by atoms with E-state index in [1.54, 1.807) is 0 Å². The van der Waals surface area contributed by atoms with Crippen LogP contribution in [0, 0.1) is 6.92 Å². The van der Waals surface area contributed by atoms with Crippen molar-refractivity contribution < 1.29 is 4.42 Å². The van der Waals surface area contributed by atoms with Gasteiger partial charge in [0.05, 0.1) is 0 Å². The molecule has 3 heteroatoms. The summed E-state index contributed by atoms with van der Waals surface area (Å²) in [6.45, 7) is 7.46. The Labute approximate surface area is 151 Å². The molecule has 0 unspecified atom stereocenters. The Kier molecular flexibility index (Phi) is 7.52. The predicted octanol–water partition coefficient (Wildman–Crippen LogP) is 6.01. The van der Waals surface area contributed by atoms with E-state index in [1.807, 2.05) is 36.2 Å². The van der Waals surface area contributed by atoms with Crippen LogP contribution in [0.4, 0.5) is 6.01 Å². The van der Waals surface area contributed by atoms with Gasteiger partial charge in [0.1, 0.15) is 5.52 Å². The summed E-state index contributed by atoms with van der Waals surface area (Å²) in [6.07, 6.45) is 4.92. The van der Waals surface area contributed by atoms with Crippen molar-refractivity contribution in [3.63, 3.8) is 0 Å². The number of para-hydroxylation sites is 2. The van der Waals surface area contributed by atoms with Crippen molar-refractivity contribution in [1.29, 1.82) is 0 Å². The van der Waals surface area contributed by atoms with E-state index in [4.69, 9.17) is 4.42 Å². The average molecular weight is 338 g/mol. The van der Waals surface area contributed by atoms with Gasteiger partial charge in [0.25, 0.3) is 6.01 Å². The molecular formula is C22H30N2O. The summed E-state index contributed by atoms with van der Waals surface area (Å²) in [4.78, 5) is 6.42. The Morgan fingerprint density at radius 2 is 1.68 bits per heavy atom. The number of unbranched alkanes of at least 4 members (excludes halogenated alkanes) is 1. The van der Waals surface area contributed by atoms with E-state index >= 15 is 0 Å². The molecule has 0 bridgehead atoms.